The number of hydrogen-bond donors (Lipinski definition) is 0. The minimum atomic E-state index is 0.617. The Morgan fingerprint density at radius 3 is 2.71 bits per heavy atom. The summed E-state index contributed by atoms with van der Waals surface area (Å²) in [5.74, 6) is 1.38. The first kappa shape index (κ1) is 11.3. The van der Waals surface area contributed by atoms with Gasteiger partial charge in [-0.1, -0.05) is 18.2 Å². The summed E-state index contributed by atoms with van der Waals surface area (Å²) in [5, 5.41) is 0. The summed E-state index contributed by atoms with van der Waals surface area (Å²) in [6, 6.07) is 3.75. The molecule has 0 atom stereocenters. The maximum atomic E-state index is 5.68. The molecule has 0 aromatic carbocycles. The highest BCUT2D eigenvalue weighted by Crippen LogP contribution is 2.22. The van der Waals surface area contributed by atoms with E-state index in [1.807, 2.05) is 38.1 Å². The van der Waals surface area contributed by atoms with Crippen LogP contribution in [0.2, 0.25) is 0 Å². The van der Waals surface area contributed by atoms with E-state index in [2.05, 4.69) is 16.5 Å². The van der Waals surface area contributed by atoms with Crippen molar-refractivity contribution < 1.29 is 4.42 Å². The van der Waals surface area contributed by atoms with Gasteiger partial charge in [0.25, 0.3) is 0 Å². The number of rotatable bonds is 3. The van der Waals surface area contributed by atoms with Crippen LogP contribution in [0.4, 0.5) is 0 Å². The average molecular weight is 226 g/mol. The lowest BCUT2D eigenvalue weighted by molar-refractivity contribution is 0.563. The summed E-state index contributed by atoms with van der Waals surface area (Å²) in [6.45, 7) is 7.67. The molecule has 3 nitrogen and oxygen atoms in total. The lowest BCUT2D eigenvalue weighted by atomic mass is 10.2. The zero-order chi connectivity index (χ0) is 12.3. The molecule has 0 saturated carbocycles. The Morgan fingerprint density at radius 2 is 2.06 bits per heavy atom. The molecule has 0 fully saturated rings. The van der Waals surface area contributed by atoms with Crippen molar-refractivity contribution in [3.8, 4) is 11.5 Å². The monoisotopic (exact) mass is 226 g/mol. The van der Waals surface area contributed by atoms with Crippen LogP contribution in [0.25, 0.3) is 17.5 Å². The van der Waals surface area contributed by atoms with Gasteiger partial charge in [-0.3, -0.25) is 4.98 Å². The van der Waals surface area contributed by atoms with Gasteiger partial charge in [0.15, 0.2) is 5.76 Å². The summed E-state index contributed by atoms with van der Waals surface area (Å²) in [5.41, 5.74) is 2.78. The van der Waals surface area contributed by atoms with Crippen molar-refractivity contribution in [3.63, 3.8) is 0 Å². The summed E-state index contributed by atoms with van der Waals surface area (Å²) in [4.78, 5) is 8.35. The van der Waals surface area contributed by atoms with E-state index in [0.717, 1.165) is 22.6 Å². The van der Waals surface area contributed by atoms with Crippen LogP contribution < -0.4 is 0 Å². The maximum absolute atomic E-state index is 5.68. The average Bonchev–Trinajstić information content (AvgIpc) is 2.69. The molecule has 86 valence electrons. The van der Waals surface area contributed by atoms with E-state index in [0.29, 0.717) is 5.89 Å². The number of aryl methyl sites for hydroxylation is 1. The van der Waals surface area contributed by atoms with Crippen LogP contribution in [0.1, 0.15) is 18.4 Å². The van der Waals surface area contributed by atoms with E-state index in [1.165, 1.54) is 0 Å². The minimum absolute atomic E-state index is 0.617. The molecule has 17 heavy (non-hydrogen) atoms. The third kappa shape index (κ3) is 2.69. The van der Waals surface area contributed by atoms with Gasteiger partial charge in [0.1, 0.15) is 0 Å². The fourth-order valence-electron chi connectivity index (χ4n) is 1.40. The third-order valence-corrected chi connectivity index (χ3v) is 2.28. The van der Waals surface area contributed by atoms with Crippen LogP contribution in [-0.2, 0) is 0 Å². The number of aromatic nitrogens is 2. The molecule has 0 aliphatic carbocycles. The van der Waals surface area contributed by atoms with Crippen molar-refractivity contribution in [1.29, 1.82) is 0 Å². The van der Waals surface area contributed by atoms with Gasteiger partial charge < -0.3 is 4.42 Å². The Hall–Kier alpha value is -2.16. The molecule has 0 radical (unpaired) electrons. The van der Waals surface area contributed by atoms with Gasteiger partial charge in [-0.25, -0.2) is 4.98 Å². The smallest absolute Gasteiger partial charge is 0.227 e. The van der Waals surface area contributed by atoms with Crippen LogP contribution in [0.5, 0.6) is 0 Å². The molecule has 0 aliphatic heterocycles. The number of oxazole rings is 1. The SMILES string of the molecule is C=C(C)/C=C\c1oc(-c2ccncc2)nc1C. The molecular weight excluding hydrogens is 212 g/mol. The van der Waals surface area contributed by atoms with Gasteiger partial charge in [0.05, 0.1) is 5.69 Å². The van der Waals surface area contributed by atoms with Crippen molar-refractivity contribution in [3.05, 3.63) is 54.2 Å². The molecule has 0 amide bonds. The summed E-state index contributed by atoms with van der Waals surface area (Å²) in [7, 11) is 0. The fourth-order valence-corrected chi connectivity index (χ4v) is 1.40. The second kappa shape index (κ2) is 4.78. The molecule has 0 bridgehead atoms. The van der Waals surface area contributed by atoms with E-state index < -0.39 is 0 Å². The fraction of sp³-hybridized carbons (Fsp3) is 0.143. The molecule has 2 heterocycles. The highest BCUT2D eigenvalue weighted by Gasteiger charge is 2.08. The van der Waals surface area contributed by atoms with Gasteiger partial charge in [-0.05, 0) is 32.1 Å². The Kier molecular flexibility index (Phi) is 3.19. The molecular formula is C14H14N2O. The van der Waals surface area contributed by atoms with Gasteiger partial charge in [-0.2, -0.15) is 0 Å². The van der Waals surface area contributed by atoms with Crippen LogP contribution in [0.3, 0.4) is 0 Å². The van der Waals surface area contributed by atoms with E-state index >= 15 is 0 Å². The lowest BCUT2D eigenvalue weighted by Crippen LogP contribution is -1.78. The van der Waals surface area contributed by atoms with Gasteiger partial charge >= 0.3 is 0 Å². The van der Waals surface area contributed by atoms with E-state index in [1.54, 1.807) is 12.4 Å². The first-order valence-corrected chi connectivity index (χ1v) is 5.38. The highest BCUT2D eigenvalue weighted by atomic mass is 16.4. The number of pyridine rings is 1. The molecule has 2 aromatic rings. The van der Waals surface area contributed by atoms with Crippen LogP contribution in [0, 0.1) is 6.92 Å². The van der Waals surface area contributed by atoms with Crippen molar-refractivity contribution in [1.82, 2.24) is 9.97 Å². The van der Waals surface area contributed by atoms with Gasteiger partial charge in [-0.15, -0.1) is 0 Å². The topological polar surface area (TPSA) is 38.9 Å². The van der Waals surface area contributed by atoms with E-state index in [-0.39, 0.29) is 0 Å². The maximum Gasteiger partial charge on any atom is 0.227 e. The third-order valence-electron chi connectivity index (χ3n) is 2.28. The Morgan fingerprint density at radius 1 is 1.35 bits per heavy atom. The zero-order valence-electron chi connectivity index (χ0n) is 9.97. The molecule has 0 N–H and O–H groups in total. The van der Waals surface area contributed by atoms with Crippen LogP contribution in [0.15, 0.2) is 47.2 Å². The lowest BCUT2D eigenvalue weighted by Gasteiger charge is -1.92. The van der Waals surface area contributed by atoms with Gasteiger partial charge in [0.2, 0.25) is 5.89 Å². The quantitative estimate of drug-likeness (QED) is 0.750. The van der Waals surface area contributed by atoms with E-state index in [4.69, 9.17) is 4.42 Å². The summed E-state index contributed by atoms with van der Waals surface area (Å²) < 4.78 is 5.68. The number of nitrogens with zero attached hydrogens (tertiary/aromatic N) is 2. The van der Waals surface area contributed by atoms with Crippen LogP contribution >= 0.6 is 0 Å². The molecule has 2 rings (SSSR count). The Labute approximate surface area is 101 Å². The Balaban J connectivity index is 2.34. The highest BCUT2D eigenvalue weighted by molar-refractivity contribution is 5.56. The second-order valence-corrected chi connectivity index (χ2v) is 3.88. The van der Waals surface area contributed by atoms with Gasteiger partial charge in [0, 0.05) is 18.0 Å². The molecule has 2 aromatic heterocycles. The molecule has 0 spiro atoms. The summed E-state index contributed by atoms with van der Waals surface area (Å²) >= 11 is 0. The number of hydrogen-bond acceptors (Lipinski definition) is 3. The predicted molar refractivity (Wildman–Crippen MR) is 68.3 cm³/mol. The van der Waals surface area contributed by atoms with Crippen molar-refractivity contribution in [2.75, 3.05) is 0 Å². The van der Waals surface area contributed by atoms with E-state index in [9.17, 15) is 0 Å². The molecule has 0 saturated heterocycles. The van der Waals surface area contributed by atoms with Crippen molar-refractivity contribution >= 4 is 6.08 Å². The zero-order valence-corrected chi connectivity index (χ0v) is 9.97. The van der Waals surface area contributed by atoms with Crippen LogP contribution in [-0.4, -0.2) is 9.97 Å². The van der Waals surface area contributed by atoms with Crippen molar-refractivity contribution in [2.24, 2.45) is 0 Å². The first-order valence-electron chi connectivity index (χ1n) is 5.38. The standard InChI is InChI=1S/C14H14N2O/c1-10(2)4-5-13-11(3)16-14(17-13)12-6-8-15-9-7-12/h4-9H,1H2,2-3H3/b5-4-. The normalized spacial score (nSPS) is 10.9. The first-order chi connectivity index (χ1) is 8.16. The van der Waals surface area contributed by atoms with Crippen molar-refractivity contribution in [2.45, 2.75) is 13.8 Å². The largest absolute Gasteiger partial charge is 0.436 e. The number of allylic oxidation sites excluding steroid dienone is 2. The molecule has 0 unspecified atom stereocenters. The Bertz CT molecular complexity index is 553. The predicted octanol–water partition coefficient (Wildman–Crippen LogP) is 3.63. The second-order valence-electron chi connectivity index (χ2n) is 3.88. The summed E-state index contributed by atoms with van der Waals surface area (Å²) in [6.07, 6.45) is 7.23. The molecule has 3 heteroatoms. The molecule has 0 aliphatic rings. The minimum Gasteiger partial charge on any atom is -0.436 e.